The van der Waals surface area contributed by atoms with Gasteiger partial charge in [0.15, 0.2) is 0 Å². The lowest BCUT2D eigenvalue weighted by atomic mass is 9.93. The first-order chi connectivity index (χ1) is 7.69. The van der Waals surface area contributed by atoms with Gasteiger partial charge >= 0.3 is 0 Å². The zero-order chi connectivity index (χ0) is 11.2. The van der Waals surface area contributed by atoms with Crippen LogP contribution in [0, 0.1) is 6.92 Å². The fourth-order valence-electron chi connectivity index (χ4n) is 3.26. The van der Waals surface area contributed by atoms with Crippen molar-refractivity contribution in [1.29, 1.82) is 0 Å². The maximum Gasteiger partial charge on any atom is 0.0603 e. The molecule has 3 rings (SSSR count). The summed E-state index contributed by atoms with van der Waals surface area (Å²) >= 11 is 0. The van der Waals surface area contributed by atoms with Crippen LogP contribution < -0.4 is 10.2 Å². The average Bonchev–Trinajstić information content (AvgIpc) is 2.68. The molecule has 0 unspecified atom stereocenters. The van der Waals surface area contributed by atoms with Gasteiger partial charge in [-0.15, -0.1) is 0 Å². The Labute approximate surface area is 97.6 Å². The van der Waals surface area contributed by atoms with Gasteiger partial charge in [-0.3, -0.25) is 0 Å². The molecule has 0 saturated heterocycles. The second kappa shape index (κ2) is 3.41. The lowest BCUT2D eigenvalue weighted by Crippen LogP contribution is -2.49. The highest BCUT2D eigenvalue weighted by molar-refractivity contribution is 5.74. The standard InChI is InChI=1S/C14H20N2/c1-11-5-6-12-13(9-11)16(2)10-14(15-12)7-3-4-8-14/h5-6,9,15H,3-4,7-8,10H2,1-2H3. The maximum absolute atomic E-state index is 3.79. The zero-order valence-electron chi connectivity index (χ0n) is 10.2. The van der Waals surface area contributed by atoms with Crippen molar-refractivity contribution in [1.82, 2.24) is 0 Å². The number of fused-ring (bicyclic) bond motifs is 1. The molecule has 1 spiro atoms. The van der Waals surface area contributed by atoms with E-state index in [2.05, 4.69) is 42.4 Å². The van der Waals surface area contributed by atoms with Gasteiger partial charge in [0.1, 0.15) is 0 Å². The van der Waals surface area contributed by atoms with Crippen molar-refractivity contribution >= 4 is 11.4 Å². The minimum absolute atomic E-state index is 0.358. The molecule has 0 radical (unpaired) electrons. The highest BCUT2D eigenvalue weighted by Crippen LogP contribution is 2.41. The first-order valence-electron chi connectivity index (χ1n) is 6.29. The molecule has 1 fully saturated rings. The molecule has 1 aliphatic carbocycles. The number of nitrogens with one attached hydrogen (secondary N) is 1. The molecule has 0 amide bonds. The molecule has 1 N–H and O–H groups in total. The number of hydrogen-bond donors (Lipinski definition) is 1. The van der Waals surface area contributed by atoms with Crippen LogP contribution in [0.5, 0.6) is 0 Å². The number of anilines is 2. The predicted octanol–water partition coefficient (Wildman–Crippen LogP) is 3.17. The topological polar surface area (TPSA) is 15.3 Å². The summed E-state index contributed by atoms with van der Waals surface area (Å²) in [7, 11) is 2.22. The van der Waals surface area contributed by atoms with Gasteiger partial charge in [-0.05, 0) is 37.5 Å². The fraction of sp³-hybridized carbons (Fsp3) is 0.571. The Hall–Kier alpha value is -1.18. The van der Waals surface area contributed by atoms with Crippen LogP contribution in [0.15, 0.2) is 18.2 Å². The lowest BCUT2D eigenvalue weighted by Gasteiger charge is -2.42. The number of hydrogen-bond acceptors (Lipinski definition) is 2. The van der Waals surface area contributed by atoms with Gasteiger partial charge in [-0.1, -0.05) is 18.9 Å². The summed E-state index contributed by atoms with van der Waals surface area (Å²) in [6.07, 6.45) is 5.40. The first kappa shape index (κ1) is 10.0. The van der Waals surface area contributed by atoms with Gasteiger partial charge in [-0.2, -0.15) is 0 Å². The largest absolute Gasteiger partial charge is 0.376 e. The van der Waals surface area contributed by atoms with E-state index in [1.165, 1.54) is 42.6 Å². The third-order valence-corrected chi connectivity index (χ3v) is 4.06. The second-order valence-electron chi connectivity index (χ2n) is 5.49. The normalized spacial score (nSPS) is 22.0. The van der Waals surface area contributed by atoms with Crippen LogP contribution in [-0.2, 0) is 0 Å². The molecule has 0 atom stereocenters. The van der Waals surface area contributed by atoms with Crippen LogP contribution in [0.4, 0.5) is 11.4 Å². The van der Waals surface area contributed by atoms with Gasteiger partial charge in [0.25, 0.3) is 0 Å². The fourth-order valence-corrected chi connectivity index (χ4v) is 3.26. The average molecular weight is 216 g/mol. The molecule has 1 aliphatic heterocycles. The second-order valence-corrected chi connectivity index (χ2v) is 5.49. The van der Waals surface area contributed by atoms with Crippen LogP contribution in [0.3, 0.4) is 0 Å². The van der Waals surface area contributed by atoms with Gasteiger partial charge in [-0.25, -0.2) is 0 Å². The molecule has 86 valence electrons. The Kier molecular flexibility index (Phi) is 2.13. The third kappa shape index (κ3) is 1.48. The minimum Gasteiger partial charge on any atom is -0.376 e. The molecular formula is C14H20N2. The van der Waals surface area contributed by atoms with E-state index in [9.17, 15) is 0 Å². The molecule has 1 saturated carbocycles. The Bertz CT molecular complexity index is 405. The van der Waals surface area contributed by atoms with E-state index >= 15 is 0 Å². The highest BCUT2D eigenvalue weighted by Gasteiger charge is 2.38. The van der Waals surface area contributed by atoms with Crippen LogP contribution in [0.25, 0.3) is 0 Å². The molecule has 1 aromatic rings. The van der Waals surface area contributed by atoms with Gasteiger partial charge in [0.2, 0.25) is 0 Å². The quantitative estimate of drug-likeness (QED) is 0.716. The van der Waals surface area contributed by atoms with Crippen molar-refractivity contribution < 1.29 is 0 Å². The Balaban J connectivity index is 1.99. The molecule has 1 aromatic carbocycles. The van der Waals surface area contributed by atoms with Crippen LogP contribution in [0.2, 0.25) is 0 Å². The van der Waals surface area contributed by atoms with Crippen molar-refractivity contribution in [3.63, 3.8) is 0 Å². The monoisotopic (exact) mass is 216 g/mol. The molecule has 0 aromatic heterocycles. The number of likely N-dealkylation sites (N-methyl/N-ethyl adjacent to an activating group) is 1. The van der Waals surface area contributed by atoms with Crippen molar-refractivity contribution in [3.05, 3.63) is 23.8 Å². The highest BCUT2D eigenvalue weighted by atomic mass is 15.2. The van der Waals surface area contributed by atoms with E-state index in [0.29, 0.717) is 5.54 Å². The van der Waals surface area contributed by atoms with Crippen LogP contribution in [0.1, 0.15) is 31.2 Å². The number of benzene rings is 1. The van der Waals surface area contributed by atoms with E-state index in [4.69, 9.17) is 0 Å². The summed E-state index contributed by atoms with van der Waals surface area (Å²) in [4.78, 5) is 2.42. The van der Waals surface area contributed by atoms with E-state index in [-0.39, 0.29) is 0 Å². The van der Waals surface area contributed by atoms with Crippen LogP contribution >= 0.6 is 0 Å². The summed E-state index contributed by atoms with van der Waals surface area (Å²) in [5.41, 5.74) is 4.38. The van der Waals surface area contributed by atoms with Crippen molar-refractivity contribution in [2.45, 2.75) is 38.1 Å². The molecule has 0 bridgehead atoms. The van der Waals surface area contributed by atoms with Gasteiger partial charge in [0.05, 0.1) is 16.9 Å². The van der Waals surface area contributed by atoms with E-state index in [0.717, 1.165) is 6.54 Å². The maximum atomic E-state index is 3.79. The molecule has 16 heavy (non-hydrogen) atoms. The van der Waals surface area contributed by atoms with Gasteiger partial charge in [0, 0.05) is 13.6 Å². The van der Waals surface area contributed by atoms with E-state index in [1.807, 2.05) is 0 Å². The predicted molar refractivity (Wildman–Crippen MR) is 69.3 cm³/mol. The van der Waals surface area contributed by atoms with E-state index in [1.54, 1.807) is 0 Å². The summed E-state index contributed by atoms with van der Waals surface area (Å²) < 4.78 is 0. The Morgan fingerprint density at radius 2 is 2.00 bits per heavy atom. The van der Waals surface area contributed by atoms with Crippen molar-refractivity contribution in [2.75, 3.05) is 23.8 Å². The number of nitrogens with zero attached hydrogens (tertiary/aromatic N) is 1. The smallest absolute Gasteiger partial charge is 0.0603 e. The summed E-state index contributed by atoms with van der Waals surface area (Å²) in [5.74, 6) is 0. The van der Waals surface area contributed by atoms with Gasteiger partial charge < -0.3 is 10.2 Å². The first-order valence-corrected chi connectivity index (χ1v) is 6.29. The lowest BCUT2D eigenvalue weighted by molar-refractivity contribution is 0.472. The molecular weight excluding hydrogens is 196 g/mol. The summed E-state index contributed by atoms with van der Waals surface area (Å²) in [5, 5.41) is 3.79. The molecule has 2 aliphatic rings. The third-order valence-electron chi connectivity index (χ3n) is 4.06. The molecule has 1 heterocycles. The zero-order valence-corrected chi connectivity index (χ0v) is 10.2. The summed E-state index contributed by atoms with van der Waals surface area (Å²) in [6.45, 7) is 3.32. The molecule has 2 nitrogen and oxygen atoms in total. The SMILES string of the molecule is Cc1ccc2c(c1)N(C)CC1(CCCC1)N2. The summed E-state index contributed by atoms with van der Waals surface area (Å²) in [6, 6.07) is 6.72. The minimum atomic E-state index is 0.358. The number of rotatable bonds is 0. The Morgan fingerprint density at radius 1 is 1.25 bits per heavy atom. The Morgan fingerprint density at radius 3 is 2.75 bits per heavy atom. The van der Waals surface area contributed by atoms with E-state index < -0.39 is 0 Å². The van der Waals surface area contributed by atoms with Crippen LogP contribution in [-0.4, -0.2) is 19.1 Å². The molecule has 2 heteroatoms. The van der Waals surface area contributed by atoms with Crippen molar-refractivity contribution in [2.24, 2.45) is 0 Å². The number of aryl methyl sites for hydroxylation is 1. The van der Waals surface area contributed by atoms with Crippen molar-refractivity contribution in [3.8, 4) is 0 Å².